The van der Waals surface area contributed by atoms with Crippen molar-refractivity contribution in [1.29, 1.82) is 0 Å². The Kier molecular flexibility index (Phi) is 5.83. The van der Waals surface area contributed by atoms with Crippen LogP contribution in [0.25, 0.3) is 10.4 Å². The number of azide groups is 1. The molecule has 0 heterocycles. The van der Waals surface area contributed by atoms with E-state index in [0.29, 0.717) is 16.3 Å². The highest BCUT2D eigenvalue weighted by atomic mass is 35.5. The second-order valence-electron chi connectivity index (χ2n) is 3.95. The summed E-state index contributed by atoms with van der Waals surface area (Å²) < 4.78 is 4.62. The Balaban J connectivity index is 3.03. The smallest absolute Gasteiger partial charge is 0.328 e. The van der Waals surface area contributed by atoms with Crippen LogP contribution in [0.3, 0.4) is 0 Å². The fourth-order valence-electron chi connectivity index (χ4n) is 1.63. The first-order valence-corrected chi connectivity index (χ1v) is 6.04. The molecule has 20 heavy (non-hydrogen) atoms. The second kappa shape index (κ2) is 7.37. The van der Waals surface area contributed by atoms with Crippen LogP contribution in [0.2, 0.25) is 5.02 Å². The number of halogens is 1. The van der Waals surface area contributed by atoms with Crippen molar-refractivity contribution in [2.75, 3.05) is 7.11 Å². The third-order valence-corrected chi connectivity index (χ3v) is 2.85. The van der Waals surface area contributed by atoms with Crippen molar-refractivity contribution in [3.05, 3.63) is 39.2 Å². The van der Waals surface area contributed by atoms with Crippen LogP contribution in [0.15, 0.2) is 23.3 Å². The molecule has 8 heteroatoms. The molecule has 0 fully saturated rings. The maximum atomic E-state index is 11.6. The van der Waals surface area contributed by atoms with Crippen molar-refractivity contribution >= 4 is 29.2 Å². The van der Waals surface area contributed by atoms with Crippen LogP contribution >= 0.6 is 11.6 Å². The van der Waals surface area contributed by atoms with Crippen molar-refractivity contribution in [2.45, 2.75) is 19.4 Å². The average Bonchev–Trinajstić information content (AvgIpc) is 2.40. The maximum absolute atomic E-state index is 11.6. The number of nitrogens with zero attached hydrogens (tertiary/aromatic N) is 3. The molecule has 1 rings (SSSR count). The standard InChI is InChI=1S/C12H13ClN4O3/c1-7(18)15-11(12(19)20-2)6-8-5-9(16-17-14)3-4-10(8)13/h3-5,11H,6H2,1-2H3,(H,15,18). The van der Waals surface area contributed by atoms with Crippen LogP contribution in [0.4, 0.5) is 5.69 Å². The molecule has 1 unspecified atom stereocenters. The minimum Gasteiger partial charge on any atom is -0.467 e. The van der Waals surface area contributed by atoms with Crippen LogP contribution in [0.1, 0.15) is 12.5 Å². The van der Waals surface area contributed by atoms with Gasteiger partial charge in [-0.2, -0.15) is 0 Å². The SMILES string of the molecule is COC(=O)C(Cc1cc(N=[N+]=[N-])ccc1Cl)NC(C)=O. The summed E-state index contributed by atoms with van der Waals surface area (Å²) in [7, 11) is 1.23. The molecule has 0 radical (unpaired) electrons. The number of hydrogen-bond acceptors (Lipinski definition) is 4. The van der Waals surface area contributed by atoms with Gasteiger partial charge in [-0.1, -0.05) is 22.8 Å². The summed E-state index contributed by atoms with van der Waals surface area (Å²) in [4.78, 5) is 25.4. The van der Waals surface area contributed by atoms with Crippen LogP contribution < -0.4 is 5.32 Å². The number of amides is 1. The van der Waals surface area contributed by atoms with Gasteiger partial charge >= 0.3 is 5.97 Å². The average molecular weight is 297 g/mol. The van der Waals surface area contributed by atoms with Gasteiger partial charge in [0.15, 0.2) is 0 Å². The summed E-state index contributed by atoms with van der Waals surface area (Å²) in [5.74, 6) is -0.937. The molecule has 0 aromatic heterocycles. The lowest BCUT2D eigenvalue weighted by molar-refractivity contribution is -0.144. The molecule has 7 nitrogen and oxygen atoms in total. The first-order valence-electron chi connectivity index (χ1n) is 5.66. The minimum atomic E-state index is -0.851. The van der Waals surface area contributed by atoms with E-state index in [1.54, 1.807) is 18.2 Å². The summed E-state index contributed by atoms with van der Waals surface area (Å²) in [6.07, 6.45) is 0.139. The van der Waals surface area contributed by atoms with Gasteiger partial charge in [-0.3, -0.25) is 4.79 Å². The van der Waals surface area contributed by atoms with E-state index in [-0.39, 0.29) is 12.3 Å². The van der Waals surface area contributed by atoms with Crippen LogP contribution in [-0.4, -0.2) is 25.0 Å². The molecular formula is C12H13ClN4O3. The largest absolute Gasteiger partial charge is 0.467 e. The molecule has 1 aromatic rings. The number of nitrogens with one attached hydrogen (secondary N) is 1. The zero-order valence-corrected chi connectivity index (χ0v) is 11.7. The number of carbonyl (C=O) groups excluding carboxylic acids is 2. The third kappa shape index (κ3) is 4.46. The van der Waals surface area contributed by atoms with Gasteiger partial charge in [0.1, 0.15) is 6.04 Å². The van der Waals surface area contributed by atoms with Crippen molar-refractivity contribution in [3.63, 3.8) is 0 Å². The Morgan fingerprint density at radius 3 is 2.80 bits per heavy atom. The van der Waals surface area contributed by atoms with E-state index in [1.807, 2.05) is 0 Å². The highest BCUT2D eigenvalue weighted by Gasteiger charge is 2.21. The molecule has 0 saturated carbocycles. The molecule has 1 aromatic carbocycles. The van der Waals surface area contributed by atoms with Gasteiger partial charge in [-0.15, -0.1) is 0 Å². The summed E-state index contributed by atoms with van der Waals surface area (Å²) in [6, 6.07) is 3.82. The first kappa shape index (κ1) is 15.8. The summed E-state index contributed by atoms with van der Waals surface area (Å²) in [5.41, 5.74) is 9.34. The molecule has 0 spiro atoms. The highest BCUT2D eigenvalue weighted by molar-refractivity contribution is 6.31. The van der Waals surface area contributed by atoms with Gasteiger partial charge in [0, 0.05) is 29.0 Å². The lowest BCUT2D eigenvalue weighted by atomic mass is 10.1. The van der Waals surface area contributed by atoms with Crippen LogP contribution in [0, 0.1) is 0 Å². The molecule has 1 amide bonds. The molecule has 0 aliphatic rings. The molecule has 1 atom stereocenters. The zero-order chi connectivity index (χ0) is 15.1. The number of benzene rings is 1. The molecule has 0 aliphatic heterocycles. The predicted molar refractivity (Wildman–Crippen MR) is 73.6 cm³/mol. The van der Waals surface area contributed by atoms with Gasteiger partial charge in [0.05, 0.1) is 7.11 Å². The van der Waals surface area contributed by atoms with Gasteiger partial charge in [-0.25, -0.2) is 4.79 Å². The number of rotatable bonds is 5. The lowest BCUT2D eigenvalue weighted by Crippen LogP contribution is -2.42. The summed E-state index contributed by atoms with van der Waals surface area (Å²) in [6.45, 7) is 1.30. The number of carbonyl (C=O) groups is 2. The number of ether oxygens (including phenoxy) is 1. The monoisotopic (exact) mass is 296 g/mol. The third-order valence-electron chi connectivity index (χ3n) is 2.48. The molecule has 1 N–H and O–H groups in total. The second-order valence-corrected chi connectivity index (χ2v) is 4.35. The molecule has 0 saturated heterocycles. The van der Waals surface area contributed by atoms with Crippen molar-refractivity contribution in [3.8, 4) is 0 Å². The Bertz CT molecular complexity index is 570. The van der Waals surface area contributed by atoms with Gasteiger partial charge in [-0.05, 0) is 23.2 Å². The van der Waals surface area contributed by atoms with E-state index in [2.05, 4.69) is 20.1 Å². The van der Waals surface area contributed by atoms with E-state index >= 15 is 0 Å². The van der Waals surface area contributed by atoms with E-state index in [1.165, 1.54) is 14.0 Å². The van der Waals surface area contributed by atoms with Crippen LogP contribution in [0.5, 0.6) is 0 Å². The van der Waals surface area contributed by atoms with Crippen molar-refractivity contribution < 1.29 is 14.3 Å². The van der Waals surface area contributed by atoms with E-state index < -0.39 is 12.0 Å². The normalized spacial score (nSPS) is 11.2. The van der Waals surface area contributed by atoms with Gasteiger partial charge in [0.2, 0.25) is 5.91 Å². The highest BCUT2D eigenvalue weighted by Crippen LogP contribution is 2.24. The maximum Gasteiger partial charge on any atom is 0.328 e. The summed E-state index contributed by atoms with van der Waals surface area (Å²) >= 11 is 6.03. The topological polar surface area (TPSA) is 104 Å². The fraction of sp³-hybridized carbons (Fsp3) is 0.333. The fourth-order valence-corrected chi connectivity index (χ4v) is 1.83. The van der Waals surface area contributed by atoms with Gasteiger partial charge in [0.25, 0.3) is 0 Å². The predicted octanol–water partition coefficient (Wildman–Crippen LogP) is 2.50. The minimum absolute atomic E-state index is 0.139. The lowest BCUT2D eigenvalue weighted by Gasteiger charge is -2.16. The Morgan fingerprint density at radius 1 is 1.55 bits per heavy atom. The first-order chi connectivity index (χ1) is 9.47. The molecule has 106 valence electrons. The number of methoxy groups -OCH3 is 1. The van der Waals surface area contributed by atoms with E-state index in [0.717, 1.165) is 0 Å². The summed E-state index contributed by atoms with van der Waals surface area (Å²) in [5, 5.41) is 6.35. The Morgan fingerprint density at radius 2 is 2.25 bits per heavy atom. The van der Waals surface area contributed by atoms with E-state index in [9.17, 15) is 9.59 Å². The zero-order valence-electron chi connectivity index (χ0n) is 11.0. The Hall–Kier alpha value is -2.24. The molecule has 0 aliphatic carbocycles. The quantitative estimate of drug-likeness (QED) is 0.390. The Labute approximate surface area is 120 Å². The van der Waals surface area contributed by atoms with Crippen molar-refractivity contribution in [1.82, 2.24) is 5.32 Å². The van der Waals surface area contributed by atoms with E-state index in [4.69, 9.17) is 17.1 Å². The van der Waals surface area contributed by atoms with Gasteiger partial charge < -0.3 is 10.1 Å². The molecular weight excluding hydrogens is 284 g/mol. The number of esters is 1. The van der Waals surface area contributed by atoms with Crippen LogP contribution in [-0.2, 0) is 20.7 Å². The van der Waals surface area contributed by atoms with Crippen molar-refractivity contribution in [2.24, 2.45) is 5.11 Å². The molecule has 0 bridgehead atoms. The number of hydrogen-bond donors (Lipinski definition) is 1.